The predicted molar refractivity (Wildman–Crippen MR) is 77.7 cm³/mol. The minimum atomic E-state index is -1.08. The Morgan fingerprint density at radius 2 is 1.95 bits per heavy atom. The molecule has 0 amide bonds. The van der Waals surface area contributed by atoms with Gasteiger partial charge in [-0.15, -0.1) is 0 Å². The van der Waals surface area contributed by atoms with Crippen LogP contribution in [-0.4, -0.2) is 15.6 Å². The van der Waals surface area contributed by atoms with Crippen LogP contribution in [0.4, 0.5) is 0 Å². The van der Waals surface area contributed by atoms with Crippen LogP contribution in [0.25, 0.3) is 11.1 Å². The van der Waals surface area contributed by atoms with E-state index in [0.717, 1.165) is 5.56 Å². The Labute approximate surface area is 124 Å². The Hall–Kier alpha value is -3.33. The molecular weight excluding hydrogens is 284 g/mol. The van der Waals surface area contributed by atoms with E-state index in [9.17, 15) is 9.59 Å². The minimum absolute atomic E-state index is 0.0618. The van der Waals surface area contributed by atoms with Crippen LogP contribution in [0.15, 0.2) is 51.7 Å². The maximum atomic E-state index is 11.9. The first-order valence-electron chi connectivity index (χ1n) is 6.44. The first kappa shape index (κ1) is 13.6. The number of rotatable bonds is 3. The maximum Gasteiger partial charge on any atom is 0.420 e. The standard InChI is InChI=1S/C16H10N2O4/c17-8-10-1-3-11(4-2-10)9-18-13-6-5-12(15(19)20)7-14(13)22-16(18)21/h1-7H,9H2,(H,19,20). The minimum Gasteiger partial charge on any atom is -0.478 e. The third kappa shape index (κ3) is 2.36. The van der Waals surface area contributed by atoms with Gasteiger partial charge in [0.15, 0.2) is 5.58 Å². The molecule has 6 nitrogen and oxygen atoms in total. The number of carbonyl (C=O) groups is 1. The highest BCUT2D eigenvalue weighted by molar-refractivity contribution is 5.91. The van der Waals surface area contributed by atoms with Gasteiger partial charge in [-0.25, -0.2) is 9.59 Å². The smallest absolute Gasteiger partial charge is 0.420 e. The van der Waals surface area contributed by atoms with Crippen LogP contribution in [-0.2, 0) is 6.54 Å². The van der Waals surface area contributed by atoms with Gasteiger partial charge in [0.25, 0.3) is 0 Å². The molecule has 0 aliphatic carbocycles. The quantitative estimate of drug-likeness (QED) is 0.798. The van der Waals surface area contributed by atoms with Crippen LogP contribution < -0.4 is 5.76 Å². The Morgan fingerprint density at radius 1 is 1.23 bits per heavy atom. The maximum absolute atomic E-state index is 11.9. The van der Waals surface area contributed by atoms with Crippen molar-refractivity contribution in [3.8, 4) is 6.07 Å². The fourth-order valence-electron chi connectivity index (χ4n) is 2.22. The van der Waals surface area contributed by atoms with Gasteiger partial charge in [0.1, 0.15) is 0 Å². The highest BCUT2D eigenvalue weighted by atomic mass is 16.4. The zero-order valence-corrected chi connectivity index (χ0v) is 11.3. The molecule has 1 aromatic heterocycles. The molecule has 6 heteroatoms. The van der Waals surface area contributed by atoms with Crippen molar-refractivity contribution in [2.75, 3.05) is 0 Å². The predicted octanol–water partition coefficient (Wildman–Crippen LogP) is 2.21. The number of benzene rings is 2. The van der Waals surface area contributed by atoms with Gasteiger partial charge >= 0.3 is 11.7 Å². The normalized spacial score (nSPS) is 10.5. The van der Waals surface area contributed by atoms with Crippen LogP contribution in [0.5, 0.6) is 0 Å². The van der Waals surface area contributed by atoms with E-state index in [1.54, 1.807) is 30.3 Å². The van der Waals surface area contributed by atoms with Gasteiger partial charge < -0.3 is 9.52 Å². The summed E-state index contributed by atoms with van der Waals surface area (Å²) in [5.41, 5.74) is 2.20. The van der Waals surface area contributed by atoms with Gasteiger partial charge in [0.2, 0.25) is 0 Å². The molecule has 0 unspecified atom stereocenters. The third-order valence-corrected chi connectivity index (χ3v) is 3.34. The van der Waals surface area contributed by atoms with Gasteiger partial charge in [-0.05, 0) is 35.9 Å². The molecule has 1 heterocycles. The van der Waals surface area contributed by atoms with Crippen molar-refractivity contribution in [3.05, 3.63) is 69.7 Å². The molecule has 0 atom stereocenters. The van der Waals surface area contributed by atoms with Crippen molar-refractivity contribution in [2.24, 2.45) is 0 Å². The topological polar surface area (TPSA) is 96.2 Å². The molecular formula is C16H10N2O4. The molecule has 0 radical (unpaired) electrons. The lowest BCUT2D eigenvalue weighted by atomic mass is 10.1. The van der Waals surface area contributed by atoms with Gasteiger partial charge in [-0.3, -0.25) is 4.57 Å². The Kier molecular flexibility index (Phi) is 3.24. The molecule has 0 aliphatic heterocycles. The molecule has 3 rings (SSSR count). The van der Waals surface area contributed by atoms with Gasteiger partial charge in [-0.1, -0.05) is 12.1 Å². The number of nitriles is 1. The second-order valence-corrected chi connectivity index (χ2v) is 4.75. The van der Waals surface area contributed by atoms with Crippen molar-refractivity contribution in [1.82, 2.24) is 4.57 Å². The molecule has 1 N–H and O–H groups in total. The van der Waals surface area contributed by atoms with Crippen molar-refractivity contribution < 1.29 is 14.3 Å². The molecule has 2 aromatic carbocycles. The van der Waals surface area contributed by atoms with E-state index >= 15 is 0 Å². The molecule has 0 bridgehead atoms. The number of carboxylic acids is 1. The Morgan fingerprint density at radius 3 is 2.59 bits per heavy atom. The SMILES string of the molecule is N#Cc1ccc(Cn2c(=O)oc3cc(C(=O)O)ccc32)cc1. The Bertz CT molecular complexity index is 958. The number of hydrogen-bond donors (Lipinski definition) is 1. The van der Waals surface area contributed by atoms with Gasteiger partial charge in [0, 0.05) is 0 Å². The number of nitrogens with zero attached hydrogens (tertiary/aromatic N) is 2. The summed E-state index contributed by atoms with van der Waals surface area (Å²) in [6.07, 6.45) is 0. The van der Waals surface area contributed by atoms with Crippen LogP contribution >= 0.6 is 0 Å². The molecule has 0 aliphatic rings. The van der Waals surface area contributed by atoms with Crippen LogP contribution in [0.2, 0.25) is 0 Å². The molecule has 22 heavy (non-hydrogen) atoms. The highest BCUT2D eigenvalue weighted by Gasteiger charge is 2.12. The molecule has 0 fully saturated rings. The third-order valence-electron chi connectivity index (χ3n) is 3.34. The van der Waals surface area contributed by atoms with E-state index in [1.807, 2.05) is 6.07 Å². The summed E-state index contributed by atoms with van der Waals surface area (Å²) in [6.45, 7) is 0.282. The van der Waals surface area contributed by atoms with E-state index in [4.69, 9.17) is 14.8 Å². The fraction of sp³-hybridized carbons (Fsp3) is 0.0625. The van der Waals surface area contributed by atoms with Crippen LogP contribution in [0.3, 0.4) is 0 Å². The lowest BCUT2D eigenvalue weighted by Gasteiger charge is -2.03. The second-order valence-electron chi connectivity index (χ2n) is 4.75. The summed E-state index contributed by atoms with van der Waals surface area (Å²) >= 11 is 0. The summed E-state index contributed by atoms with van der Waals surface area (Å²) in [7, 11) is 0. The summed E-state index contributed by atoms with van der Waals surface area (Å²) in [4.78, 5) is 22.9. The highest BCUT2D eigenvalue weighted by Crippen LogP contribution is 2.16. The van der Waals surface area contributed by atoms with E-state index in [2.05, 4.69) is 0 Å². The van der Waals surface area contributed by atoms with Crippen molar-refractivity contribution in [3.63, 3.8) is 0 Å². The van der Waals surface area contributed by atoms with Gasteiger partial charge in [-0.2, -0.15) is 5.26 Å². The summed E-state index contributed by atoms with van der Waals surface area (Å²) < 4.78 is 6.52. The first-order chi connectivity index (χ1) is 10.6. The molecule has 108 valence electrons. The molecule has 0 saturated carbocycles. The number of fused-ring (bicyclic) bond motifs is 1. The van der Waals surface area contributed by atoms with E-state index in [-0.39, 0.29) is 17.7 Å². The number of oxazole rings is 1. The number of carboxylic acid groups (broad SMARTS) is 1. The number of hydrogen-bond acceptors (Lipinski definition) is 4. The second kappa shape index (κ2) is 5.22. The summed E-state index contributed by atoms with van der Waals surface area (Å²) in [6, 6.07) is 13.2. The molecule has 0 spiro atoms. The van der Waals surface area contributed by atoms with Gasteiger partial charge in [0.05, 0.1) is 29.3 Å². The van der Waals surface area contributed by atoms with Crippen LogP contribution in [0.1, 0.15) is 21.5 Å². The molecule has 3 aromatic rings. The monoisotopic (exact) mass is 294 g/mol. The molecule has 0 saturated heterocycles. The number of aromatic nitrogens is 1. The average Bonchev–Trinajstić information content (AvgIpc) is 2.83. The zero-order chi connectivity index (χ0) is 15.7. The van der Waals surface area contributed by atoms with Crippen LogP contribution in [0, 0.1) is 11.3 Å². The lowest BCUT2D eigenvalue weighted by Crippen LogP contribution is -2.14. The van der Waals surface area contributed by atoms with Crippen molar-refractivity contribution >= 4 is 17.1 Å². The average molecular weight is 294 g/mol. The van der Waals surface area contributed by atoms with E-state index in [1.165, 1.54) is 16.7 Å². The van der Waals surface area contributed by atoms with E-state index in [0.29, 0.717) is 11.1 Å². The van der Waals surface area contributed by atoms with Crippen molar-refractivity contribution in [2.45, 2.75) is 6.54 Å². The summed E-state index contributed by atoms with van der Waals surface area (Å²) in [5.74, 6) is -1.63. The summed E-state index contributed by atoms with van der Waals surface area (Å²) in [5, 5.41) is 17.7. The first-order valence-corrected chi connectivity index (χ1v) is 6.44. The van der Waals surface area contributed by atoms with E-state index < -0.39 is 11.7 Å². The fourth-order valence-corrected chi connectivity index (χ4v) is 2.22. The van der Waals surface area contributed by atoms with Crippen molar-refractivity contribution in [1.29, 1.82) is 5.26 Å². The lowest BCUT2D eigenvalue weighted by molar-refractivity contribution is 0.0697. The Balaban J connectivity index is 2.03. The largest absolute Gasteiger partial charge is 0.478 e. The zero-order valence-electron chi connectivity index (χ0n) is 11.3. The number of aromatic carboxylic acids is 1.